The maximum atomic E-state index is 13.7. The average molecular weight is 511 g/mol. The Labute approximate surface area is 220 Å². The predicted molar refractivity (Wildman–Crippen MR) is 152 cm³/mol. The molecular weight excluding hydrogens is 480 g/mol. The van der Waals surface area contributed by atoms with Crippen molar-refractivity contribution in [2.24, 2.45) is 0 Å². The van der Waals surface area contributed by atoms with Crippen molar-refractivity contribution >= 4 is 22.4 Å². The van der Waals surface area contributed by atoms with Crippen LogP contribution >= 0.6 is 11.3 Å². The van der Waals surface area contributed by atoms with Crippen LogP contribution in [-0.2, 0) is 0 Å². The highest BCUT2D eigenvalue weighted by atomic mass is 32.1. The van der Waals surface area contributed by atoms with Crippen LogP contribution in [0.4, 0.5) is 0 Å². The number of ether oxygens (including phenoxy) is 2. The Balaban J connectivity index is 1.58. The quantitative estimate of drug-likeness (QED) is 0.199. The molecule has 0 aliphatic carbocycles. The van der Waals surface area contributed by atoms with Gasteiger partial charge in [-0.05, 0) is 37.1 Å². The molecule has 188 valence electrons. The molecule has 0 atom stereocenters. The van der Waals surface area contributed by atoms with Crippen molar-refractivity contribution in [1.82, 2.24) is 9.38 Å². The maximum Gasteiger partial charge on any atom is 0.274 e. The van der Waals surface area contributed by atoms with E-state index in [9.17, 15) is 4.79 Å². The Kier molecular flexibility index (Phi) is 7.66. The van der Waals surface area contributed by atoms with Crippen LogP contribution in [0.15, 0.2) is 83.7 Å². The third-order valence-electron chi connectivity index (χ3n) is 6.13. The van der Waals surface area contributed by atoms with E-state index >= 15 is 0 Å². The van der Waals surface area contributed by atoms with Gasteiger partial charge in [-0.25, -0.2) is 9.38 Å². The maximum absolute atomic E-state index is 13.7. The molecule has 5 nitrogen and oxygen atoms in total. The summed E-state index contributed by atoms with van der Waals surface area (Å²) in [5.41, 5.74) is 4.37. The summed E-state index contributed by atoms with van der Waals surface area (Å²) in [4.78, 5) is 19.3. The summed E-state index contributed by atoms with van der Waals surface area (Å²) in [6, 6.07) is 25.8. The average Bonchev–Trinajstić information content (AvgIpc) is 3.45. The first kappa shape index (κ1) is 24.8. The second-order valence-corrected chi connectivity index (χ2v) is 9.78. The fraction of sp³-hybridized carbons (Fsp3) is 0.226. The summed E-state index contributed by atoms with van der Waals surface area (Å²) in [5.74, 6) is 1.43. The molecule has 2 aromatic heterocycles. The molecule has 0 fully saturated rings. The minimum Gasteiger partial charge on any atom is -0.490 e. The molecule has 2 heterocycles. The molecule has 0 unspecified atom stereocenters. The zero-order valence-electron chi connectivity index (χ0n) is 21.1. The van der Waals surface area contributed by atoms with Gasteiger partial charge < -0.3 is 9.47 Å². The summed E-state index contributed by atoms with van der Waals surface area (Å²) in [6.07, 6.45) is 5.21. The molecule has 6 heteroatoms. The second-order valence-electron chi connectivity index (χ2n) is 8.77. The Bertz CT molecular complexity index is 1590. The van der Waals surface area contributed by atoms with E-state index in [0.29, 0.717) is 28.5 Å². The number of imidazole rings is 1. The van der Waals surface area contributed by atoms with Gasteiger partial charge in [0.25, 0.3) is 5.56 Å². The Morgan fingerprint density at radius 2 is 1.59 bits per heavy atom. The third-order valence-corrected chi connectivity index (χ3v) is 7.10. The van der Waals surface area contributed by atoms with Crippen molar-refractivity contribution in [3.8, 4) is 34.0 Å². The van der Waals surface area contributed by atoms with Crippen molar-refractivity contribution in [3.63, 3.8) is 0 Å². The van der Waals surface area contributed by atoms with Gasteiger partial charge >= 0.3 is 0 Å². The fourth-order valence-corrected chi connectivity index (χ4v) is 5.32. The van der Waals surface area contributed by atoms with Crippen molar-refractivity contribution in [1.29, 1.82) is 0 Å². The van der Waals surface area contributed by atoms with E-state index in [1.165, 1.54) is 11.3 Å². The highest BCUT2D eigenvalue weighted by Crippen LogP contribution is 2.33. The Hall–Kier alpha value is -3.90. The summed E-state index contributed by atoms with van der Waals surface area (Å²) in [5, 5.41) is 0. The van der Waals surface area contributed by atoms with Gasteiger partial charge in [-0.3, -0.25) is 4.79 Å². The lowest BCUT2D eigenvalue weighted by Gasteiger charge is -2.12. The van der Waals surface area contributed by atoms with Gasteiger partial charge in [0.15, 0.2) is 16.5 Å². The summed E-state index contributed by atoms with van der Waals surface area (Å²) < 4.78 is 14.2. The van der Waals surface area contributed by atoms with Crippen LogP contribution in [-0.4, -0.2) is 22.6 Å². The van der Waals surface area contributed by atoms with E-state index in [-0.39, 0.29) is 5.56 Å². The molecule has 5 aromatic rings. The van der Waals surface area contributed by atoms with Crippen LogP contribution in [0, 0.1) is 0 Å². The number of hydrogen-bond donors (Lipinski definition) is 0. The number of fused-ring (bicyclic) bond motifs is 1. The highest BCUT2D eigenvalue weighted by Gasteiger charge is 2.20. The standard InChI is InChI=1S/C31H30N2O3S/c1-3-5-12-19-36-25-18-17-22(20-26(25)35-4-2)21-27-30(34)33-29(24-15-10-7-11-16-24)28(32-31(33)37-27)23-13-8-6-9-14-23/h6-11,13-18,20-21H,3-5,12,19H2,1-2H3. The first-order valence-corrected chi connectivity index (χ1v) is 13.6. The van der Waals surface area contributed by atoms with E-state index in [1.54, 1.807) is 4.40 Å². The molecule has 5 rings (SSSR count). The predicted octanol–water partition coefficient (Wildman–Crippen LogP) is 6.61. The number of unbranched alkanes of at least 4 members (excludes halogenated alkanes) is 2. The van der Waals surface area contributed by atoms with Gasteiger partial charge in [-0.2, -0.15) is 0 Å². The summed E-state index contributed by atoms with van der Waals surface area (Å²) >= 11 is 1.40. The summed E-state index contributed by atoms with van der Waals surface area (Å²) in [7, 11) is 0. The smallest absolute Gasteiger partial charge is 0.274 e. The van der Waals surface area contributed by atoms with E-state index < -0.39 is 0 Å². The van der Waals surface area contributed by atoms with Gasteiger partial charge in [0.05, 0.1) is 29.1 Å². The molecule has 0 radical (unpaired) electrons. The molecule has 0 saturated carbocycles. The Morgan fingerprint density at radius 3 is 2.30 bits per heavy atom. The monoisotopic (exact) mass is 510 g/mol. The van der Waals surface area contributed by atoms with Crippen LogP contribution in [0.3, 0.4) is 0 Å². The molecule has 0 bridgehead atoms. The first-order valence-electron chi connectivity index (χ1n) is 12.8. The van der Waals surface area contributed by atoms with Gasteiger partial charge in [0, 0.05) is 11.1 Å². The largest absolute Gasteiger partial charge is 0.490 e. The van der Waals surface area contributed by atoms with E-state index in [1.807, 2.05) is 91.9 Å². The van der Waals surface area contributed by atoms with E-state index in [0.717, 1.165) is 53.1 Å². The van der Waals surface area contributed by atoms with E-state index in [2.05, 4.69) is 6.92 Å². The SMILES string of the molecule is CCCCCOc1ccc(C=c2sc3nc(-c4ccccc4)c(-c4ccccc4)n3c2=O)cc1OCC. The molecule has 0 amide bonds. The molecule has 0 N–H and O–H groups in total. The Morgan fingerprint density at radius 1 is 0.865 bits per heavy atom. The van der Waals surface area contributed by atoms with E-state index in [4.69, 9.17) is 14.5 Å². The minimum absolute atomic E-state index is 0.0774. The number of thiazole rings is 1. The number of rotatable bonds is 10. The molecule has 37 heavy (non-hydrogen) atoms. The molecule has 3 aromatic carbocycles. The fourth-order valence-electron chi connectivity index (χ4n) is 4.35. The lowest BCUT2D eigenvalue weighted by molar-refractivity contribution is 0.271. The van der Waals surface area contributed by atoms with Crippen LogP contribution < -0.4 is 19.6 Å². The molecule has 0 saturated heterocycles. The molecular formula is C31H30N2O3S. The second kappa shape index (κ2) is 11.4. The van der Waals surface area contributed by atoms with Gasteiger partial charge in [0.2, 0.25) is 0 Å². The van der Waals surface area contributed by atoms with Gasteiger partial charge in [-0.1, -0.05) is 97.8 Å². The van der Waals surface area contributed by atoms with Crippen LogP contribution in [0.5, 0.6) is 11.5 Å². The van der Waals surface area contributed by atoms with Crippen molar-refractivity contribution in [2.45, 2.75) is 33.1 Å². The molecule has 0 aliphatic heterocycles. The number of aromatic nitrogens is 2. The van der Waals surface area contributed by atoms with Crippen LogP contribution in [0.25, 0.3) is 33.6 Å². The van der Waals surface area contributed by atoms with Crippen molar-refractivity contribution in [2.75, 3.05) is 13.2 Å². The molecule has 0 spiro atoms. The first-order chi connectivity index (χ1) is 18.2. The highest BCUT2D eigenvalue weighted by molar-refractivity contribution is 7.15. The zero-order chi connectivity index (χ0) is 25.6. The molecule has 0 aliphatic rings. The summed E-state index contributed by atoms with van der Waals surface area (Å²) in [6.45, 7) is 5.33. The van der Waals surface area contributed by atoms with Crippen molar-refractivity contribution < 1.29 is 9.47 Å². The zero-order valence-corrected chi connectivity index (χ0v) is 22.0. The number of benzene rings is 3. The number of nitrogens with zero attached hydrogens (tertiary/aromatic N) is 2. The van der Waals surface area contributed by atoms with Crippen LogP contribution in [0.1, 0.15) is 38.7 Å². The lowest BCUT2D eigenvalue weighted by Crippen LogP contribution is -2.23. The topological polar surface area (TPSA) is 52.8 Å². The van der Waals surface area contributed by atoms with Gasteiger partial charge in [0.1, 0.15) is 0 Å². The minimum atomic E-state index is -0.0774. The van der Waals surface area contributed by atoms with Gasteiger partial charge in [-0.15, -0.1) is 0 Å². The third kappa shape index (κ3) is 5.30. The number of hydrogen-bond acceptors (Lipinski definition) is 5. The lowest BCUT2D eigenvalue weighted by atomic mass is 10.1. The normalized spacial score (nSPS) is 11.8. The van der Waals surface area contributed by atoms with Crippen molar-refractivity contribution in [3.05, 3.63) is 99.3 Å². The van der Waals surface area contributed by atoms with Crippen LogP contribution in [0.2, 0.25) is 0 Å².